The maximum Gasteiger partial charge on any atom is 0.404 e. The van der Waals surface area contributed by atoms with E-state index in [4.69, 9.17) is 0 Å². The van der Waals surface area contributed by atoms with Crippen molar-refractivity contribution in [1.82, 2.24) is 4.90 Å². The summed E-state index contributed by atoms with van der Waals surface area (Å²) in [7, 11) is 0. The van der Waals surface area contributed by atoms with Crippen molar-refractivity contribution in [3.8, 4) is 0 Å². The molecule has 2 unspecified atom stereocenters. The van der Waals surface area contributed by atoms with Gasteiger partial charge in [0.2, 0.25) is 0 Å². The molecule has 2 aliphatic rings. The zero-order valence-electron chi connectivity index (χ0n) is 12.7. The van der Waals surface area contributed by atoms with Crippen LogP contribution in [0.2, 0.25) is 0 Å². The number of aliphatic carboxylic acids is 1. The smallest absolute Gasteiger partial charge is 0.404 e. The van der Waals surface area contributed by atoms with Crippen LogP contribution in [0, 0.1) is 0 Å². The molecular formula is C15H24N2O4. The Bertz CT molecular complexity index is 431. The molecule has 2 fully saturated rings. The normalized spacial score (nSPS) is 30.0. The van der Waals surface area contributed by atoms with E-state index in [0.29, 0.717) is 32.6 Å². The average Bonchev–Trinajstić information content (AvgIpc) is 2.54. The SMILES string of the molecule is CC[N+]1(C(=O)C(=O)N2CCCCC2)CCCCC1C(=O)[O-]. The molecule has 2 amide bonds. The molecule has 6 nitrogen and oxygen atoms in total. The molecule has 0 N–H and O–H groups in total. The van der Waals surface area contributed by atoms with Gasteiger partial charge in [0.25, 0.3) is 0 Å². The van der Waals surface area contributed by atoms with E-state index >= 15 is 0 Å². The van der Waals surface area contributed by atoms with Crippen LogP contribution in [-0.2, 0) is 14.4 Å². The van der Waals surface area contributed by atoms with E-state index < -0.39 is 23.8 Å². The van der Waals surface area contributed by atoms with Crippen molar-refractivity contribution in [2.24, 2.45) is 0 Å². The van der Waals surface area contributed by atoms with Gasteiger partial charge in [0.15, 0.2) is 0 Å². The third-order valence-electron chi connectivity index (χ3n) is 4.95. The van der Waals surface area contributed by atoms with E-state index in [9.17, 15) is 19.5 Å². The number of carbonyl (C=O) groups is 3. The number of hydrogen-bond acceptors (Lipinski definition) is 4. The van der Waals surface area contributed by atoms with Crippen molar-refractivity contribution in [2.45, 2.75) is 51.5 Å². The number of likely N-dealkylation sites (N-methyl/N-ethyl adjacent to an activating group) is 1. The Kier molecular flexibility index (Phi) is 4.98. The number of amides is 2. The molecule has 0 aromatic heterocycles. The summed E-state index contributed by atoms with van der Waals surface area (Å²) in [5.74, 6) is -2.28. The van der Waals surface area contributed by atoms with Crippen molar-refractivity contribution in [2.75, 3.05) is 26.2 Å². The van der Waals surface area contributed by atoms with Gasteiger partial charge in [-0.25, -0.2) is 9.28 Å². The second kappa shape index (κ2) is 6.56. The van der Waals surface area contributed by atoms with Gasteiger partial charge in [-0.3, -0.25) is 4.79 Å². The number of hydrogen-bond donors (Lipinski definition) is 0. The van der Waals surface area contributed by atoms with E-state index in [1.165, 1.54) is 0 Å². The fraction of sp³-hybridized carbons (Fsp3) is 0.800. The fourth-order valence-corrected chi connectivity index (χ4v) is 3.64. The molecule has 0 aromatic carbocycles. The number of piperidine rings is 2. The van der Waals surface area contributed by atoms with E-state index in [1.807, 2.05) is 0 Å². The molecule has 0 aliphatic carbocycles. The zero-order chi connectivity index (χ0) is 15.5. The summed E-state index contributed by atoms with van der Waals surface area (Å²) in [4.78, 5) is 38.2. The van der Waals surface area contributed by atoms with Crippen LogP contribution in [0.15, 0.2) is 0 Å². The summed E-state index contributed by atoms with van der Waals surface area (Å²) in [6.45, 7) is 3.74. The zero-order valence-corrected chi connectivity index (χ0v) is 12.7. The highest BCUT2D eigenvalue weighted by atomic mass is 16.4. The van der Waals surface area contributed by atoms with E-state index in [2.05, 4.69) is 0 Å². The lowest BCUT2D eigenvalue weighted by Crippen LogP contribution is -2.69. The monoisotopic (exact) mass is 296 g/mol. The number of carboxylic acid groups (broad SMARTS) is 1. The van der Waals surface area contributed by atoms with Crippen LogP contribution in [0.3, 0.4) is 0 Å². The van der Waals surface area contributed by atoms with Gasteiger partial charge < -0.3 is 14.8 Å². The third kappa shape index (κ3) is 2.95. The Labute approximate surface area is 125 Å². The second-order valence-electron chi connectivity index (χ2n) is 6.06. The highest BCUT2D eigenvalue weighted by molar-refractivity contribution is 6.32. The molecule has 2 aliphatic heterocycles. The maximum absolute atomic E-state index is 12.8. The minimum Gasteiger partial charge on any atom is -0.544 e. The van der Waals surface area contributed by atoms with Gasteiger partial charge in [-0.15, -0.1) is 0 Å². The second-order valence-corrected chi connectivity index (χ2v) is 6.06. The number of carboxylic acids is 1. The highest BCUT2D eigenvalue weighted by Gasteiger charge is 2.49. The minimum absolute atomic E-state index is 0.266. The summed E-state index contributed by atoms with van der Waals surface area (Å²) >= 11 is 0. The molecule has 0 aromatic rings. The van der Waals surface area contributed by atoms with Crippen LogP contribution in [-0.4, -0.2) is 59.4 Å². The summed E-state index contributed by atoms with van der Waals surface area (Å²) in [5, 5.41) is 11.4. The van der Waals surface area contributed by atoms with Crippen LogP contribution >= 0.6 is 0 Å². The van der Waals surface area contributed by atoms with Gasteiger partial charge in [0.05, 0.1) is 19.1 Å². The Hall–Kier alpha value is -1.43. The number of likely N-dealkylation sites (tertiary alicyclic amines) is 2. The van der Waals surface area contributed by atoms with Crippen molar-refractivity contribution < 1.29 is 24.0 Å². The first-order chi connectivity index (χ1) is 10.0. The van der Waals surface area contributed by atoms with Crippen LogP contribution in [0.25, 0.3) is 0 Å². The van der Waals surface area contributed by atoms with Gasteiger partial charge in [-0.2, -0.15) is 0 Å². The molecule has 21 heavy (non-hydrogen) atoms. The Morgan fingerprint density at radius 1 is 1.10 bits per heavy atom. The van der Waals surface area contributed by atoms with Crippen LogP contribution in [0.1, 0.15) is 45.4 Å². The lowest BCUT2D eigenvalue weighted by atomic mass is 9.97. The number of carbonyl (C=O) groups excluding carboxylic acids is 3. The topological polar surface area (TPSA) is 77.5 Å². The third-order valence-corrected chi connectivity index (χ3v) is 4.95. The first-order valence-corrected chi connectivity index (χ1v) is 7.94. The summed E-state index contributed by atoms with van der Waals surface area (Å²) in [6, 6.07) is -0.884. The maximum atomic E-state index is 12.8. The molecule has 2 atom stereocenters. The van der Waals surface area contributed by atoms with Crippen molar-refractivity contribution >= 4 is 17.8 Å². The van der Waals surface area contributed by atoms with Crippen molar-refractivity contribution in [3.63, 3.8) is 0 Å². The summed E-state index contributed by atoms with van der Waals surface area (Å²) < 4.78 is -0.266. The van der Waals surface area contributed by atoms with E-state index in [0.717, 1.165) is 32.1 Å². The van der Waals surface area contributed by atoms with Gasteiger partial charge in [0.1, 0.15) is 6.04 Å². The molecule has 2 heterocycles. The predicted octanol–water partition coefficient (Wildman–Crippen LogP) is -0.335. The molecule has 0 bridgehead atoms. The molecule has 6 heteroatoms. The molecule has 0 spiro atoms. The highest BCUT2D eigenvalue weighted by Crippen LogP contribution is 2.27. The quantitative estimate of drug-likeness (QED) is 0.516. The first kappa shape index (κ1) is 15.9. The Morgan fingerprint density at radius 2 is 1.76 bits per heavy atom. The van der Waals surface area contributed by atoms with Gasteiger partial charge >= 0.3 is 11.8 Å². The Balaban J connectivity index is 2.22. The Morgan fingerprint density at radius 3 is 2.33 bits per heavy atom. The number of nitrogens with zero attached hydrogens (tertiary/aromatic N) is 2. The lowest BCUT2D eigenvalue weighted by molar-refractivity contribution is -0.873. The lowest BCUT2D eigenvalue weighted by Gasteiger charge is -2.45. The molecule has 2 rings (SSSR count). The van der Waals surface area contributed by atoms with Crippen molar-refractivity contribution in [1.29, 1.82) is 0 Å². The predicted molar refractivity (Wildman–Crippen MR) is 73.8 cm³/mol. The molecular weight excluding hydrogens is 272 g/mol. The summed E-state index contributed by atoms with van der Waals surface area (Å²) in [6.07, 6.45) is 4.85. The number of rotatable bonds is 2. The van der Waals surface area contributed by atoms with Gasteiger partial charge in [-0.1, -0.05) is 0 Å². The van der Waals surface area contributed by atoms with E-state index in [-0.39, 0.29) is 4.48 Å². The fourth-order valence-electron chi connectivity index (χ4n) is 3.64. The van der Waals surface area contributed by atoms with Crippen LogP contribution in [0.4, 0.5) is 0 Å². The van der Waals surface area contributed by atoms with Crippen molar-refractivity contribution in [3.05, 3.63) is 0 Å². The van der Waals surface area contributed by atoms with Crippen LogP contribution in [0.5, 0.6) is 0 Å². The standard InChI is InChI=1S/C15H24N2O4/c1-2-17(11-7-4-8-12(17)15(20)21)14(19)13(18)16-9-5-3-6-10-16/h12H,2-11H2,1H3. The largest absolute Gasteiger partial charge is 0.544 e. The number of quaternary nitrogens is 1. The van der Waals surface area contributed by atoms with Gasteiger partial charge in [-0.05, 0) is 39.0 Å². The molecule has 0 saturated carbocycles. The molecule has 118 valence electrons. The average molecular weight is 296 g/mol. The molecule has 0 radical (unpaired) electrons. The van der Waals surface area contributed by atoms with E-state index in [1.54, 1.807) is 11.8 Å². The first-order valence-electron chi connectivity index (χ1n) is 7.94. The summed E-state index contributed by atoms with van der Waals surface area (Å²) in [5.41, 5.74) is 0. The van der Waals surface area contributed by atoms with Crippen LogP contribution < -0.4 is 5.11 Å². The minimum atomic E-state index is -1.21. The molecule has 2 saturated heterocycles. The van der Waals surface area contributed by atoms with Gasteiger partial charge in [0, 0.05) is 19.5 Å².